The molecule has 1 aliphatic carbocycles. The Balaban J connectivity index is 1.55. The highest BCUT2D eigenvalue weighted by molar-refractivity contribution is 5.92. The third kappa shape index (κ3) is 3.83. The van der Waals surface area contributed by atoms with Gasteiger partial charge in [-0.15, -0.1) is 0 Å². The van der Waals surface area contributed by atoms with Gasteiger partial charge in [-0.3, -0.25) is 4.79 Å². The molecule has 0 unspecified atom stereocenters. The van der Waals surface area contributed by atoms with E-state index in [4.69, 9.17) is 9.15 Å². The van der Waals surface area contributed by atoms with E-state index in [2.05, 4.69) is 10.3 Å². The highest BCUT2D eigenvalue weighted by Crippen LogP contribution is 2.32. The molecule has 2 fully saturated rings. The number of hydrogen-bond acceptors (Lipinski definition) is 5. The minimum Gasteiger partial charge on any atom is -0.450 e. The van der Waals surface area contributed by atoms with E-state index in [0.29, 0.717) is 43.6 Å². The van der Waals surface area contributed by atoms with E-state index >= 15 is 0 Å². The van der Waals surface area contributed by atoms with Crippen molar-refractivity contribution in [1.82, 2.24) is 15.2 Å². The lowest BCUT2D eigenvalue weighted by Crippen LogP contribution is -2.38. The fraction of sp³-hybridized carbons (Fsp3) is 0.688. The second-order valence-electron chi connectivity index (χ2n) is 6.27. The van der Waals surface area contributed by atoms with Crippen LogP contribution in [0.5, 0.6) is 0 Å². The molecular formula is C16H23N3O4. The second kappa shape index (κ2) is 6.60. The van der Waals surface area contributed by atoms with Crippen molar-refractivity contribution >= 4 is 12.0 Å². The van der Waals surface area contributed by atoms with Crippen molar-refractivity contribution in [3.05, 3.63) is 17.3 Å². The summed E-state index contributed by atoms with van der Waals surface area (Å²) in [7, 11) is 0. The molecule has 0 spiro atoms. The molecule has 2 aliphatic rings. The molecule has 1 saturated heterocycles. The monoisotopic (exact) mass is 321 g/mol. The molecule has 0 aromatic carbocycles. The maximum Gasteiger partial charge on any atom is 0.409 e. The number of carbonyl (C=O) groups is 2. The average Bonchev–Trinajstić information content (AvgIpc) is 3.05. The molecule has 2 amide bonds. The fourth-order valence-corrected chi connectivity index (χ4v) is 2.83. The summed E-state index contributed by atoms with van der Waals surface area (Å²) in [5.41, 5.74) is 0.624. The van der Waals surface area contributed by atoms with E-state index in [0.717, 1.165) is 6.42 Å². The minimum absolute atomic E-state index is 0.0803. The number of hydrogen-bond donors (Lipinski definition) is 1. The van der Waals surface area contributed by atoms with Gasteiger partial charge in [0.1, 0.15) is 0 Å². The van der Waals surface area contributed by atoms with Crippen LogP contribution in [0, 0.1) is 12.8 Å². The molecule has 1 N–H and O–H groups in total. The number of aromatic nitrogens is 1. The van der Waals surface area contributed by atoms with E-state index in [1.807, 2.05) is 0 Å². The maximum atomic E-state index is 12.4. The first-order valence-corrected chi connectivity index (χ1v) is 8.25. The third-order valence-corrected chi connectivity index (χ3v) is 4.26. The van der Waals surface area contributed by atoms with Crippen LogP contribution in [-0.4, -0.2) is 47.6 Å². The normalized spacial score (nSPS) is 20.6. The fourth-order valence-electron chi connectivity index (χ4n) is 2.83. The van der Waals surface area contributed by atoms with E-state index in [1.54, 1.807) is 18.7 Å². The number of amides is 2. The Kier molecular flexibility index (Phi) is 4.54. The van der Waals surface area contributed by atoms with Gasteiger partial charge in [-0.2, -0.15) is 0 Å². The van der Waals surface area contributed by atoms with Gasteiger partial charge in [0.2, 0.25) is 5.76 Å². The number of likely N-dealkylation sites (tertiary alicyclic amines) is 1. The number of aryl methyl sites for hydroxylation is 1. The summed E-state index contributed by atoms with van der Waals surface area (Å²) in [6.45, 7) is 4.97. The molecular weight excluding hydrogens is 298 g/mol. The van der Waals surface area contributed by atoms with Crippen LogP contribution in [0.25, 0.3) is 0 Å². The quantitative estimate of drug-likeness (QED) is 0.895. The van der Waals surface area contributed by atoms with Crippen LogP contribution in [0.4, 0.5) is 4.79 Å². The van der Waals surface area contributed by atoms with E-state index in [1.165, 1.54) is 12.8 Å². The average molecular weight is 321 g/mol. The Labute approximate surface area is 135 Å². The van der Waals surface area contributed by atoms with Gasteiger partial charge in [-0.25, -0.2) is 9.78 Å². The van der Waals surface area contributed by atoms with E-state index in [9.17, 15) is 9.59 Å². The van der Waals surface area contributed by atoms with Gasteiger partial charge in [-0.05, 0) is 39.0 Å². The smallest absolute Gasteiger partial charge is 0.409 e. The molecule has 1 aromatic rings. The molecule has 126 valence electrons. The Morgan fingerprint density at radius 3 is 2.87 bits per heavy atom. The molecule has 3 rings (SSSR count). The van der Waals surface area contributed by atoms with Crippen molar-refractivity contribution in [2.24, 2.45) is 5.92 Å². The summed E-state index contributed by atoms with van der Waals surface area (Å²) < 4.78 is 10.6. The van der Waals surface area contributed by atoms with Crippen LogP contribution in [0.2, 0.25) is 0 Å². The lowest BCUT2D eigenvalue weighted by Gasteiger charge is -2.16. The zero-order valence-corrected chi connectivity index (χ0v) is 13.6. The number of carbonyl (C=O) groups excluding carboxylic acids is 2. The number of ether oxygens (including phenoxy) is 1. The number of nitrogens with one attached hydrogen (secondary N) is 1. The van der Waals surface area contributed by atoms with Gasteiger partial charge < -0.3 is 19.4 Å². The second-order valence-corrected chi connectivity index (χ2v) is 6.27. The van der Waals surface area contributed by atoms with Crippen molar-refractivity contribution < 1.29 is 18.7 Å². The van der Waals surface area contributed by atoms with Gasteiger partial charge >= 0.3 is 6.09 Å². The van der Waals surface area contributed by atoms with Crippen molar-refractivity contribution in [1.29, 1.82) is 0 Å². The molecule has 1 aromatic heterocycles. The van der Waals surface area contributed by atoms with E-state index < -0.39 is 0 Å². The van der Waals surface area contributed by atoms with Crippen molar-refractivity contribution in [3.8, 4) is 0 Å². The minimum atomic E-state index is -0.327. The standard InChI is InChI=1S/C16H23N3O4/c1-3-22-16(21)19-7-6-12(9-19)18-15(20)14-10(2)17-13(23-14)8-11-4-5-11/h11-12H,3-9H2,1-2H3,(H,18,20)/t12-/m1/s1. The molecule has 2 heterocycles. The van der Waals surface area contributed by atoms with Crippen LogP contribution in [0.1, 0.15) is 48.3 Å². The summed E-state index contributed by atoms with van der Waals surface area (Å²) in [6, 6.07) is -0.0803. The van der Waals surface area contributed by atoms with Crippen LogP contribution in [0.3, 0.4) is 0 Å². The number of rotatable bonds is 5. The molecule has 1 atom stereocenters. The predicted molar refractivity (Wildman–Crippen MR) is 82.1 cm³/mol. The first-order chi connectivity index (χ1) is 11.1. The third-order valence-electron chi connectivity index (χ3n) is 4.26. The lowest BCUT2D eigenvalue weighted by molar-refractivity contribution is 0.0900. The van der Waals surface area contributed by atoms with Gasteiger partial charge in [0.05, 0.1) is 12.3 Å². The zero-order chi connectivity index (χ0) is 16.4. The first kappa shape index (κ1) is 15.8. The van der Waals surface area contributed by atoms with Crippen LogP contribution in [-0.2, 0) is 11.2 Å². The summed E-state index contributed by atoms with van der Waals surface area (Å²) in [5, 5.41) is 2.92. The number of nitrogens with zero attached hydrogens (tertiary/aromatic N) is 2. The highest BCUT2D eigenvalue weighted by atomic mass is 16.6. The summed E-state index contributed by atoms with van der Waals surface area (Å²) in [5.74, 6) is 1.34. The first-order valence-electron chi connectivity index (χ1n) is 8.25. The molecule has 7 nitrogen and oxygen atoms in total. The Bertz CT molecular complexity index is 594. The molecule has 7 heteroatoms. The van der Waals surface area contributed by atoms with Crippen molar-refractivity contribution in [2.75, 3.05) is 19.7 Å². The molecule has 0 radical (unpaired) electrons. The highest BCUT2D eigenvalue weighted by Gasteiger charge is 2.30. The Morgan fingerprint density at radius 2 is 2.17 bits per heavy atom. The van der Waals surface area contributed by atoms with Gasteiger partial charge in [0.25, 0.3) is 5.91 Å². The number of oxazole rings is 1. The maximum absolute atomic E-state index is 12.4. The molecule has 0 bridgehead atoms. The van der Waals surface area contributed by atoms with Gasteiger partial charge in [-0.1, -0.05) is 0 Å². The molecule has 1 aliphatic heterocycles. The van der Waals surface area contributed by atoms with Gasteiger partial charge in [0.15, 0.2) is 5.89 Å². The van der Waals surface area contributed by atoms with E-state index in [-0.39, 0.29) is 23.8 Å². The lowest BCUT2D eigenvalue weighted by atomic mass is 10.2. The van der Waals surface area contributed by atoms with Crippen LogP contribution in [0.15, 0.2) is 4.42 Å². The van der Waals surface area contributed by atoms with Crippen LogP contribution < -0.4 is 5.32 Å². The zero-order valence-electron chi connectivity index (χ0n) is 13.6. The molecule has 1 saturated carbocycles. The largest absolute Gasteiger partial charge is 0.450 e. The Morgan fingerprint density at radius 1 is 1.39 bits per heavy atom. The van der Waals surface area contributed by atoms with Gasteiger partial charge in [0, 0.05) is 25.6 Å². The summed E-state index contributed by atoms with van der Waals surface area (Å²) in [4.78, 5) is 30.0. The van der Waals surface area contributed by atoms with Crippen molar-refractivity contribution in [3.63, 3.8) is 0 Å². The van der Waals surface area contributed by atoms with Crippen molar-refractivity contribution in [2.45, 2.75) is 45.6 Å². The summed E-state index contributed by atoms with van der Waals surface area (Å²) >= 11 is 0. The topological polar surface area (TPSA) is 84.7 Å². The molecule has 23 heavy (non-hydrogen) atoms. The summed E-state index contributed by atoms with van der Waals surface area (Å²) in [6.07, 6.45) is 3.64. The Hall–Kier alpha value is -2.05. The SMILES string of the molecule is CCOC(=O)N1CC[C@@H](NC(=O)c2oc(CC3CC3)nc2C)C1. The van der Waals surface area contributed by atoms with Crippen LogP contribution >= 0.6 is 0 Å². The predicted octanol–water partition coefficient (Wildman–Crippen LogP) is 1.90.